The standard InChI is InChI=1S/C17H19NO/c1-2-14(6-5-13-3-4-13)15-7-9-16(10-8-15)17-11-18-12-19-17/h2,7-13H,3-6H2,1H3. The molecule has 0 aliphatic heterocycles. The van der Waals surface area contributed by atoms with E-state index in [9.17, 15) is 0 Å². The Morgan fingerprint density at radius 2 is 2.11 bits per heavy atom. The molecule has 2 heteroatoms. The maximum absolute atomic E-state index is 5.31. The van der Waals surface area contributed by atoms with Crippen LogP contribution in [-0.2, 0) is 0 Å². The third kappa shape index (κ3) is 2.95. The van der Waals surface area contributed by atoms with Gasteiger partial charge in [-0.05, 0) is 36.8 Å². The molecule has 0 amide bonds. The Morgan fingerprint density at radius 3 is 2.68 bits per heavy atom. The summed E-state index contributed by atoms with van der Waals surface area (Å²) in [7, 11) is 0. The molecular weight excluding hydrogens is 234 g/mol. The highest BCUT2D eigenvalue weighted by Crippen LogP contribution is 2.36. The predicted molar refractivity (Wildman–Crippen MR) is 77.5 cm³/mol. The summed E-state index contributed by atoms with van der Waals surface area (Å²) >= 11 is 0. The minimum atomic E-state index is 0.826. The minimum absolute atomic E-state index is 0.826. The van der Waals surface area contributed by atoms with Crippen molar-refractivity contribution < 1.29 is 4.42 Å². The normalized spacial score (nSPS) is 15.7. The van der Waals surface area contributed by atoms with Gasteiger partial charge in [0.15, 0.2) is 12.2 Å². The van der Waals surface area contributed by atoms with Crippen LogP contribution in [0.3, 0.4) is 0 Å². The van der Waals surface area contributed by atoms with E-state index < -0.39 is 0 Å². The van der Waals surface area contributed by atoms with E-state index in [4.69, 9.17) is 4.42 Å². The molecule has 0 radical (unpaired) electrons. The second kappa shape index (κ2) is 5.43. The van der Waals surface area contributed by atoms with E-state index in [1.165, 1.54) is 43.2 Å². The van der Waals surface area contributed by atoms with Crippen molar-refractivity contribution in [2.24, 2.45) is 5.92 Å². The number of oxazole rings is 1. The fraction of sp³-hybridized carbons (Fsp3) is 0.353. The second-order valence-corrected chi connectivity index (χ2v) is 5.24. The van der Waals surface area contributed by atoms with Gasteiger partial charge in [-0.15, -0.1) is 0 Å². The largest absolute Gasteiger partial charge is 0.444 e. The Hall–Kier alpha value is -1.83. The van der Waals surface area contributed by atoms with Crippen molar-refractivity contribution in [2.75, 3.05) is 0 Å². The molecule has 0 bridgehead atoms. The fourth-order valence-corrected chi connectivity index (χ4v) is 2.43. The first-order valence-corrected chi connectivity index (χ1v) is 7.01. The van der Waals surface area contributed by atoms with Crippen LogP contribution in [0, 0.1) is 5.92 Å². The van der Waals surface area contributed by atoms with Crippen LogP contribution in [0.15, 0.2) is 47.3 Å². The third-order valence-electron chi connectivity index (χ3n) is 3.84. The summed E-state index contributed by atoms with van der Waals surface area (Å²) in [5.74, 6) is 1.81. The molecule has 2 aromatic rings. The lowest BCUT2D eigenvalue weighted by atomic mass is 9.98. The Balaban J connectivity index is 1.73. The van der Waals surface area contributed by atoms with Crippen LogP contribution in [0.5, 0.6) is 0 Å². The van der Waals surface area contributed by atoms with Gasteiger partial charge in [0, 0.05) is 5.56 Å². The number of hydrogen-bond donors (Lipinski definition) is 0. The Labute approximate surface area is 114 Å². The topological polar surface area (TPSA) is 26.0 Å². The number of aromatic nitrogens is 1. The Bertz CT molecular complexity index is 547. The molecule has 0 N–H and O–H groups in total. The molecule has 3 rings (SSSR count). The van der Waals surface area contributed by atoms with Gasteiger partial charge < -0.3 is 4.42 Å². The molecule has 98 valence electrons. The van der Waals surface area contributed by atoms with E-state index >= 15 is 0 Å². The van der Waals surface area contributed by atoms with E-state index in [1.807, 2.05) is 0 Å². The zero-order valence-electron chi connectivity index (χ0n) is 11.3. The summed E-state index contributed by atoms with van der Waals surface area (Å²) < 4.78 is 5.31. The fourth-order valence-electron chi connectivity index (χ4n) is 2.43. The van der Waals surface area contributed by atoms with Crippen LogP contribution in [0.4, 0.5) is 0 Å². The van der Waals surface area contributed by atoms with Crippen molar-refractivity contribution in [1.29, 1.82) is 0 Å². The van der Waals surface area contributed by atoms with Gasteiger partial charge >= 0.3 is 0 Å². The number of benzene rings is 1. The summed E-state index contributed by atoms with van der Waals surface area (Å²) in [5.41, 5.74) is 3.86. The molecule has 1 aliphatic carbocycles. The summed E-state index contributed by atoms with van der Waals surface area (Å²) in [6.07, 6.45) is 10.9. The SMILES string of the molecule is CC=C(CCC1CC1)c1ccc(-c2cnco2)cc1. The Kier molecular flexibility index (Phi) is 3.49. The lowest BCUT2D eigenvalue weighted by Gasteiger charge is -2.07. The number of rotatable bonds is 5. The molecular formula is C17H19NO. The van der Waals surface area contributed by atoms with Gasteiger partial charge in [0.1, 0.15) is 0 Å². The molecule has 1 aliphatic rings. The number of nitrogens with zero attached hydrogens (tertiary/aromatic N) is 1. The van der Waals surface area contributed by atoms with E-state index in [0.29, 0.717) is 0 Å². The zero-order chi connectivity index (χ0) is 13.1. The highest BCUT2D eigenvalue weighted by atomic mass is 16.3. The van der Waals surface area contributed by atoms with E-state index in [-0.39, 0.29) is 0 Å². The van der Waals surface area contributed by atoms with Crippen LogP contribution in [-0.4, -0.2) is 4.98 Å². The molecule has 1 heterocycles. The van der Waals surface area contributed by atoms with Crippen LogP contribution in [0.1, 0.15) is 38.2 Å². The van der Waals surface area contributed by atoms with Gasteiger partial charge in [0.2, 0.25) is 0 Å². The number of hydrogen-bond acceptors (Lipinski definition) is 2. The van der Waals surface area contributed by atoms with Gasteiger partial charge in [0.25, 0.3) is 0 Å². The van der Waals surface area contributed by atoms with Crippen molar-refractivity contribution in [3.05, 3.63) is 48.5 Å². The van der Waals surface area contributed by atoms with Crippen LogP contribution in [0.2, 0.25) is 0 Å². The highest BCUT2D eigenvalue weighted by molar-refractivity contribution is 5.68. The molecule has 1 aromatic heterocycles. The lowest BCUT2D eigenvalue weighted by molar-refractivity contribution is 0.572. The maximum Gasteiger partial charge on any atom is 0.181 e. The monoisotopic (exact) mass is 253 g/mol. The molecule has 1 aromatic carbocycles. The second-order valence-electron chi connectivity index (χ2n) is 5.24. The smallest absolute Gasteiger partial charge is 0.181 e. The first kappa shape index (κ1) is 12.2. The molecule has 0 saturated heterocycles. The first-order chi connectivity index (χ1) is 9.36. The van der Waals surface area contributed by atoms with Crippen LogP contribution >= 0.6 is 0 Å². The van der Waals surface area contributed by atoms with E-state index in [0.717, 1.165) is 17.2 Å². The molecule has 19 heavy (non-hydrogen) atoms. The minimum Gasteiger partial charge on any atom is -0.444 e. The van der Waals surface area contributed by atoms with Gasteiger partial charge in [0.05, 0.1) is 6.20 Å². The van der Waals surface area contributed by atoms with Gasteiger partial charge in [-0.2, -0.15) is 0 Å². The number of allylic oxidation sites excluding steroid dienone is 2. The molecule has 0 atom stereocenters. The van der Waals surface area contributed by atoms with Crippen molar-refractivity contribution in [2.45, 2.75) is 32.6 Å². The Morgan fingerprint density at radius 1 is 1.32 bits per heavy atom. The summed E-state index contributed by atoms with van der Waals surface area (Å²) in [4.78, 5) is 3.95. The van der Waals surface area contributed by atoms with Crippen LogP contribution < -0.4 is 0 Å². The maximum atomic E-state index is 5.31. The molecule has 1 saturated carbocycles. The lowest BCUT2D eigenvalue weighted by Crippen LogP contribution is -1.87. The first-order valence-electron chi connectivity index (χ1n) is 7.01. The van der Waals surface area contributed by atoms with Crippen molar-refractivity contribution in [3.8, 4) is 11.3 Å². The van der Waals surface area contributed by atoms with E-state index in [1.54, 1.807) is 6.20 Å². The van der Waals surface area contributed by atoms with Crippen molar-refractivity contribution in [1.82, 2.24) is 4.98 Å². The summed E-state index contributed by atoms with van der Waals surface area (Å²) in [6, 6.07) is 8.58. The van der Waals surface area contributed by atoms with Crippen molar-refractivity contribution >= 4 is 5.57 Å². The summed E-state index contributed by atoms with van der Waals surface area (Å²) in [5, 5.41) is 0. The van der Waals surface area contributed by atoms with Gasteiger partial charge in [-0.1, -0.05) is 43.2 Å². The van der Waals surface area contributed by atoms with Gasteiger partial charge in [-0.25, -0.2) is 4.98 Å². The quantitative estimate of drug-likeness (QED) is 0.754. The van der Waals surface area contributed by atoms with Gasteiger partial charge in [-0.3, -0.25) is 0 Å². The molecule has 0 spiro atoms. The van der Waals surface area contributed by atoms with Crippen LogP contribution in [0.25, 0.3) is 16.9 Å². The van der Waals surface area contributed by atoms with E-state index in [2.05, 4.69) is 42.2 Å². The molecule has 1 fully saturated rings. The molecule has 0 unspecified atom stereocenters. The average molecular weight is 253 g/mol. The zero-order valence-corrected chi connectivity index (χ0v) is 11.3. The predicted octanol–water partition coefficient (Wildman–Crippen LogP) is 4.94. The third-order valence-corrected chi connectivity index (χ3v) is 3.84. The van der Waals surface area contributed by atoms with Crippen molar-refractivity contribution in [3.63, 3.8) is 0 Å². The highest BCUT2D eigenvalue weighted by Gasteiger charge is 2.21. The average Bonchev–Trinajstić information content (AvgIpc) is 3.12. The molecule has 2 nitrogen and oxygen atoms in total. The summed E-state index contributed by atoms with van der Waals surface area (Å²) in [6.45, 7) is 2.13.